The number of aliphatic hydroxyl groups excluding tert-OH is 1. The Balaban J connectivity index is 2.55. The van der Waals surface area contributed by atoms with Crippen LogP contribution >= 0.6 is 11.6 Å². The zero-order valence-electron chi connectivity index (χ0n) is 10.9. The smallest absolute Gasteiger partial charge is 0.313 e. The van der Waals surface area contributed by atoms with Gasteiger partial charge in [-0.2, -0.15) is 0 Å². The van der Waals surface area contributed by atoms with Crippen molar-refractivity contribution in [2.24, 2.45) is 0 Å². The van der Waals surface area contributed by atoms with Crippen molar-refractivity contribution >= 4 is 29.1 Å². The Morgan fingerprint density at radius 1 is 1.37 bits per heavy atom. The second kappa shape index (κ2) is 7.11. The highest BCUT2D eigenvalue weighted by Crippen LogP contribution is 2.22. The summed E-state index contributed by atoms with van der Waals surface area (Å²) in [6.07, 6.45) is -0.117. The van der Waals surface area contributed by atoms with Gasteiger partial charge in [0.1, 0.15) is 0 Å². The number of hydrogen-bond donors (Lipinski definition) is 3. The van der Waals surface area contributed by atoms with Gasteiger partial charge in [-0.15, -0.1) is 0 Å². The summed E-state index contributed by atoms with van der Waals surface area (Å²) in [6, 6.07) is 5.06. The van der Waals surface area contributed by atoms with E-state index in [4.69, 9.17) is 16.7 Å². The predicted octanol–water partition coefficient (Wildman–Crippen LogP) is 1.47. The third-order valence-electron chi connectivity index (χ3n) is 2.57. The van der Waals surface area contributed by atoms with E-state index in [1.807, 2.05) is 0 Å². The number of nitrogens with one attached hydrogen (secondary N) is 2. The number of carbonyl (C=O) groups is 2. The molecule has 2 amide bonds. The molecular formula is C13H17ClN2O3. The first kappa shape index (κ1) is 15.5. The first-order valence-corrected chi connectivity index (χ1v) is 6.32. The molecule has 0 aromatic heterocycles. The first-order chi connectivity index (χ1) is 8.91. The largest absolute Gasteiger partial charge is 0.393 e. The maximum absolute atomic E-state index is 11.6. The lowest BCUT2D eigenvalue weighted by Gasteiger charge is -2.10. The van der Waals surface area contributed by atoms with E-state index in [1.54, 1.807) is 32.0 Å². The van der Waals surface area contributed by atoms with Crippen molar-refractivity contribution in [1.29, 1.82) is 0 Å². The molecule has 0 bridgehead atoms. The molecule has 1 atom stereocenters. The van der Waals surface area contributed by atoms with E-state index in [9.17, 15) is 9.59 Å². The minimum atomic E-state index is -0.754. The molecule has 1 aromatic carbocycles. The number of benzene rings is 1. The summed E-state index contributed by atoms with van der Waals surface area (Å²) in [5, 5.41) is 14.5. The van der Waals surface area contributed by atoms with Gasteiger partial charge in [0, 0.05) is 17.3 Å². The van der Waals surface area contributed by atoms with Gasteiger partial charge in [0.25, 0.3) is 0 Å². The van der Waals surface area contributed by atoms with Gasteiger partial charge in [-0.1, -0.05) is 17.7 Å². The normalized spacial score (nSPS) is 11.8. The molecule has 19 heavy (non-hydrogen) atoms. The molecule has 1 unspecified atom stereocenters. The van der Waals surface area contributed by atoms with Gasteiger partial charge in [0.15, 0.2) is 0 Å². The van der Waals surface area contributed by atoms with E-state index in [-0.39, 0.29) is 6.54 Å². The van der Waals surface area contributed by atoms with E-state index < -0.39 is 17.9 Å². The fraction of sp³-hybridized carbons (Fsp3) is 0.385. The van der Waals surface area contributed by atoms with Crippen LogP contribution in [0.15, 0.2) is 18.2 Å². The molecule has 104 valence electrons. The van der Waals surface area contributed by atoms with Crippen molar-refractivity contribution in [2.45, 2.75) is 26.4 Å². The molecule has 0 aliphatic carbocycles. The van der Waals surface area contributed by atoms with E-state index in [0.717, 1.165) is 0 Å². The molecule has 0 heterocycles. The Morgan fingerprint density at radius 3 is 2.68 bits per heavy atom. The molecular weight excluding hydrogens is 268 g/mol. The molecule has 0 saturated carbocycles. The minimum absolute atomic E-state index is 0.248. The summed E-state index contributed by atoms with van der Waals surface area (Å²) in [4.78, 5) is 23.1. The summed E-state index contributed by atoms with van der Waals surface area (Å²) >= 11 is 5.92. The molecule has 3 N–H and O–H groups in total. The molecule has 0 aliphatic heterocycles. The average molecular weight is 285 g/mol. The highest BCUT2D eigenvalue weighted by Gasteiger charge is 2.14. The summed E-state index contributed by atoms with van der Waals surface area (Å²) in [7, 11) is 0. The number of halogens is 1. The van der Waals surface area contributed by atoms with Crippen LogP contribution in [0.25, 0.3) is 0 Å². The standard InChI is InChI=1S/C13H17ClN2O3/c1-8(17)6-7-15-12(18)13(19)16-11-5-3-4-10(14)9(11)2/h3-5,8,17H,6-7H2,1-2H3,(H,15,18)(H,16,19). The molecule has 0 aliphatic rings. The fourth-order valence-corrected chi connectivity index (χ4v) is 1.57. The van der Waals surface area contributed by atoms with Crippen molar-refractivity contribution in [2.75, 3.05) is 11.9 Å². The molecule has 0 radical (unpaired) electrons. The van der Waals surface area contributed by atoms with Crippen LogP contribution in [0.2, 0.25) is 5.02 Å². The van der Waals surface area contributed by atoms with Crippen LogP contribution < -0.4 is 10.6 Å². The van der Waals surface area contributed by atoms with E-state index in [0.29, 0.717) is 22.7 Å². The van der Waals surface area contributed by atoms with Crippen molar-refractivity contribution in [1.82, 2.24) is 5.32 Å². The van der Waals surface area contributed by atoms with Crippen LogP contribution in [0.4, 0.5) is 5.69 Å². The van der Waals surface area contributed by atoms with Gasteiger partial charge in [0.05, 0.1) is 6.10 Å². The van der Waals surface area contributed by atoms with Crippen LogP contribution in [0.3, 0.4) is 0 Å². The second-order valence-corrected chi connectivity index (χ2v) is 4.67. The third-order valence-corrected chi connectivity index (χ3v) is 2.98. The SMILES string of the molecule is Cc1c(Cl)cccc1NC(=O)C(=O)NCCC(C)O. The fourth-order valence-electron chi connectivity index (χ4n) is 1.40. The molecule has 5 nitrogen and oxygen atoms in total. The lowest BCUT2D eigenvalue weighted by Crippen LogP contribution is -2.36. The van der Waals surface area contributed by atoms with Gasteiger partial charge in [-0.3, -0.25) is 9.59 Å². The quantitative estimate of drug-likeness (QED) is 0.733. The van der Waals surface area contributed by atoms with Gasteiger partial charge in [0.2, 0.25) is 0 Å². The number of anilines is 1. The number of rotatable bonds is 4. The van der Waals surface area contributed by atoms with Crippen LogP contribution in [-0.4, -0.2) is 29.6 Å². The van der Waals surface area contributed by atoms with E-state index >= 15 is 0 Å². The second-order valence-electron chi connectivity index (χ2n) is 4.26. The van der Waals surface area contributed by atoms with Crippen LogP contribution in [0, 0.1) is 6.92 Å². The van der Waals surface area contributed by atoms with Crippen LogP contribution in [0.1, 0.15) is 18.9 Å². The molecule has 1 aromatic rings. The van der Waals surface area contributed by atoms with Crippen molar-refractivity contribution in [3.8, 4) is 0 Å². The van der Waals surface area contributed by atoms with E-state index in [2.05, 4.69) is 10.6 Å². The van der Waals surface area contributed by atoms with Crippen molar-refractivity contribution in [3.63, 3.8) is 0 Å². The van der Waals surface area contributed by atoms with Crippen LogP contribution in [-0.2, 0) is 9.59 Å². The molecule has 1 rings (SSSR count). The third kappa shape index (κ3) is 4.89. The Bertz CT molecular complexity index is 475. The monoisotopic (exact) mass is 284 g/mol. The molecule has 0 fully saturated rings. The summed E-state index contributed by atoms with van der Waals surface area (Å²) < 4.78 is 0. The summed E-state index contributed by atoms with van der Waals surface area (Å²) in [5.41, 5.74) is 1.21. The predicted molar refractivity (Wildman–Crippen MR) is 74.1 cm³/mol. The van der Waals surface area contributed by atoms with E-state index in [1.165, 1.54) is 0 Å². The summed E-state index contributed by atoms with van der Waals surface area (Å²) in [5.74, 6) is -1.49. The van der Waals surface area contributed by atoms with Gasteiger partial charge >= 0.3 is 11.8 Å². The Hall–Kier alpha value is -1.59. The number of hydrogen-bond acceptors (Lipinski definition) is 3. The number of carbonyl (C=O) groups excluding carboxylic acids is 2. The number of aliphatic hydroxyl groups is 1. The molecule has 0 spiro atoms. The minimum Gasteiger partial charge on any atom is -0.393 e. The van der Waals surface area contributed by atoms with Crippen molar-refractivity contribution in [3.05, 3.63) is 28.8 Å². The van der Waals surface area contributed by atoms with Crippen molar-refractivity contribution < 1.29 is 14.7 Å². The topological polar surface area (TPSA) is 78.4 Å². The Kier molecular flexibility index (Phi) is 5.79. The van der Waals surface area contributed by atoms with Gasteiger partial charge in [-0.05, 0) is 38.0 Å². The number of amides is 2. The average Bonchev–Trinajstić information content (AvgIpc) is 2.34. The molecule has 6 heteroatoms. The Labute approximate surface area is 117 Å². The highest BCUT2D eigenvalue weighted by molar-refractivity contribution is 6.40. The molecule has 0 saturated heterocycles. The Morgan fingerprint density at radius 2 is 2.05 bits per heavy atom. The highest BCUT2D eigenvalue weighted by atomic mass is 35.5. The maximum Gasteiger partial charge on any atom is 0.313 e. The van der Waals surface area contributed by atoms with Crippen LogP contribution in [0.5, 0.6) is 0 Å². The zero-order valence-corrected chi connectivity index (χ0v) is 11.6. The lowest BCUT2D eigenvalue weighted by atomic mass is 10.2. The first-order valence-electron chi connectivity index (χ1n) is 5.94. The van der Waals surface area contributed by atoms with Gasteiger partial charge < -0.3 is 15.7 Å². The lowest BCUT2D eigenvalue weighted by molar-refractivity contribution is -0.136. The van der Waals surface area contributed by atoms with Gasteiger partial charge in [-0.25, -0.2) is 0 Å². The maximum atomic E-state index is 11.6. The zero-order chi connectivity index (χ0) is 14.4. The summed E-state index contributed by atoms with van der Waals surface area (Å²) in [6.45, 7) is 3.61.